The molecule has 3 heteroatoms. The quantitative estimate of drug-likeness (QED) is 0.817. The molecule has 1 saturated carbocycles. The number of aromatic nitrogens is 1. The van der Waals surface area contributed by atoms with Crippen LogP contribution in [0.3, 0.4) is 0 Å². The van der Waals surface area contributed by atoms with E-state index >= 15 is 0 Å². The lowest BCUT2D eigenvalue weighted by molar-refractivity contribution is -0.124. The van der Waals surface area contributed by atoms with Gasteiger partial charge in [0.15, 0.2) is 0 Å². The molecule has 0 saturated heterocycles. The van der Waals surface area contributed by atoms with Crippen LogP contribution in [0.25, 0.3) is 0 Å². The summed E-state index contributed by atoms with van der Waals surface area (Å²) in [6, 6.07) is 3.85. The minimum atomic E-state index is 0.212. The molecule has 80 valence electrons. The van der Waals surface area contributed by atoms with Crippen LogP contribution in [0.5, 0.6) is 0 Å². The number of pyridine rings is 1. The average molecular weight is 204 g/mol. The third-order valence-electron chi connectivity index (χ3n) is 2.94. The average Bonchev–Trinajstić information content (AvgIpc) is 2.81. The normalized spacial score (nSPS) is 16.5. The van der Waals surface area contributed by atoms with Crippen molar-refractivity contribution < 1.29 is 4.79 Å². The largest absolute Gasteiger partial charge is 0.352 e. The summed E-state index contributed by atoms with van der Waals surface area (Å²) in [6.07, 6.45) is 8.01. The minimum Gasteiger partial charge on any atom is -0.352 e. The van der Waals surface area contributed by atoms with Crippen LogP contribution in [0, 0.1) is 5.92 Å². The van der Waals surface area contributed by atoms with E-state index in [4.69, 9.17) is 0 Å². The first-order valence-corrected chi connectivity index (χ1v) is 5.53. The van der Waals surface area contributed by atoms with Crippen molar-refractivity contribution in [3.63, 3.8) is 0 Å². The molecule has 0 aromatic carbocycles. The topological polar surface area (TPSA) is 42.0 Å². The molecule has 1 fully saturated rings. The van der Waals surface area contributed by atoms with Crippen LogP contribution < -0.4 is 5.32 Å². The Balaban J connectivity index is 1.80. The second-order valence-corrected chi connectivity index (χ2v) is 4.05. The minimum absolute atomic E-state index is 0.212. The van der Waals surface area contributed by atoms with Crippen molar-refractivity contribution in [2.24, 2.45) is 5.92 Å². The molecule has 0 unspecified atom stereocenters. The molecule has 3 nitrogen and oxygen atoms in total. The molecule has 0 bridgehead atoms. The van der Waals surface area contributed by atoms with Crippen molar-refractivity contribution in [1.82, 2.24) is 10.3 Å². The first kappa shape index (κ1) is 10.1. The van der Waals surface area contributed by atoms with Crippen LogP contribution in [0.1, 0.15) is 31.2 Å². The number of nitrogens with one attached hydrogen (secondary N) is 1. The van der Waals surface area contributed by atoms with Crippen molar-refractivity contribution in [2.45, 2.75) is 32.2 Å². The van der Waals surface area contributed by atoms with E-state index in [-0.39, 0.29) is 11.8 Å². The molecular formula is C12H16N2O. The van der Waals surface area contributed by atoms with Crippen LogP contribution in [-0.2, 0) is 11.3 Å². The molecule has 15 heavy (non-hydrogen) atoms. The summed E-state index contributed by atoms with van der Waals surface area (Å²) in [4.78, 5) is 15.6. The van der Waals surface area contributed by atoms with E-state index in [1.807, 2.05) is 12.1 Å². The number of carbonyl (C=O) groups is 1. The third kappa shape index (κ3) is 2.78. The number of amides is 1. The Morgan fingerprint density at radius 1 is 1.33 bits per heavy atom. The van der Waals surface area contributed by atoms with E-state index < -0.39 is 0 Å². The van der Waals surface area contributed by atoms with Crippen LogP contribution in [0.2, 0.25) is 0 Å². The number of rotatable bonds is 3. The Morgan fingerprint density at radius 3 is 2.67 bits per heavy atom. The van der Waals surface area contributed by atoms with Crippen molar-refractivity contribution in [2.75, 3.05) is 0 Å². The Kier molecular flexibility index (Phi) is 3.33. The van der Waals surface area contributed by atoms with Gasteiger partial charge in [0, 0.05) is 24.9 Å². The summed E-state index contributed by atoms with van der Waals surface area (Å²) in [7, 11) is 0. The maximum atomic E-state index is 11.7. The van der Waals surface area contributed by atoms with Crippen molar-refractivity contribution in [3.05, 3.63) is 30.1 Å². The highest BCUT2D eigenvalue weighted by Gasteiger charge is 2.21. The van der Waals surface area contributed by atoms with Gasteiger partial charge in [0.2, 0.25) is 5.91 Å². The fourth-order valence-corrected chi connectivity index (χ4v) is 2.02. The van der Waals surface area contributed by atoms with E-state index in [0.717, 1.165) is 18.4 Å². The first-order chi connectivity index (χ1) is 7.36. The molecule has 0 aliphatic heterocycles. The van der Waals surface area contributed by atoms with Crippen molar-refractivity contribution >= 4 is 5.91 Å². The van der Waals surface area contributed by atoms with E-state index in [2.05, 4.69) is 10.3 Å². The van der Waals surface area contributed by atoms with Gasteiger partial charge in [0.25, 0.3) is 0 Å². The molecule has 1 heterocycles. The van der Waals surface area contributed by atoms with Gasteiger partial charge in [-0.25, -0.2) is 0 Å². The zero-order valence-electron chi connectivity index (χ0n) is 8.78. The van der Waals surface area contributed by atoms with Gasteiger partial charge in [0.05, 0.1) is 0 Å². The van der Waals surface area contributed by atoms with Crippen LogP contribution in [0.15, 0.2) is 24.5 Å². The van der Waals surface area contributed by atoms with Gasteiger partial charge in [-0.3, -0.25) is 9.78 Å². The highest BCUT2D eigenvalue weighted by atomic mass is 16.1. The highest BCUT2D eigenvalue weighted by Crippen LogP contribution is 2.24. The lowest BCUT2D eigenvalue weighted by Crippen LogP contribution is -2.28. The number of hydrogen-bond donors (Lipinski definition) is 1. The molecule has 1 aliphatic rings. The fraction of sp³-hybridized carbons (Fsp3) is 0.500. The summed E-state index contributed by atoms with van der Waals surface area (Å²) >= 11 is 0. The Morgan fingerprint density at radius 2 is 2.00 bits per heavy atom. The molecular weight excluding hydrogens is 188 g/mol. The summed E-state index contributed by atoms with van der Waals surface area (Å²) in [5, 5.41) is 2.97. The molecule has 2 rings (SSSR count). The molecule has 1 amide bonds. The molecule has 1 aromatic rings. The van der Waals surface area contributed by atoms with E-state index in [1.54, 1.807) is 12.4 Å². The number of nitrogens with zero attached hydrogens (tertiary/aromatic N) is 1. The zero-order valence-corrected chi connectivity index (χ0v) is 8.78. The van der Waals surface area contributed by atoms with Gasteiger partial charge >= 0.3 is 0 Å². The van der Waals surface area contributed by atoms with Crippen LogP contribution in [0.4, 0.5) is 0 Å². The molecule has 1 aromatic heterocycles. The van der Waals surface area contributed by atoms with Gasteiger partial charge in [0.1, 0.15) is 0 Å². The Hall–Kier alpha value is -1.38. The smallest absolute Gasteiger partial charge is 0.223 e. The summed E-state index contributed by atoms with van der Waals surface area (Å²) in [5.41, 5.74) is 1.11. The summed E-state index contributed by atoms with van der Waals surface area (Å²) in [5.74, 6) is 0.469. The van der Waals surface area contributed by atoms with Crippen LogP contribution >= 0.6 is 0 Å². The van der Waals surface area contributed by atoms with Crippen molar-refractivity contribution in [1.29, 1.82) is 0 Å². The van der Waals surface area contributed by atoms with E-state index in [1.165, 1.54) is 12.8 Å². The Labute approximate surface area is 89.9 Å². The lowest BCUT2D eigenvalue weighted by Gasteiger charge is -2.09. The molecule has 1 N–H and O–H groups in total. The monoisotopic (exact) mass is 204 g/mol. The third-order valence-corrected chi connectivity index (χ3v) is 2.94. The SMILES string of the molecule is O=C(NCc1ccncc1)C1CCCC1. The van der Waals surface area contributed by atoms with Gasteiger partial charge in [-0.05, 0) is 30.5 Å². The maximum absolute atomic E-state index is 11.7. The summed E-state index contributed by atoms with van der Waals surface area (Å²) in [6.45, 7) is 0.623. The fourth-order valence-electron chi connectivity index (χ4n) is 2.02. The standard InChI is InChI=1S/C12H16N2O/c15-12(11-3-1-2-4-11)14-9-10-5-7-13-8-6-10/h5-8,11H,1-4,9H2,(H,14,15). The predicted octanol–water partition coefficient (Wildman–Crippen LogP) is 1.89. The molecule has 0 radical (unpaired) electrons. The molecule has 0 atom stereocenters. The zero-order chi connectivity index (χ0) is 10.5. The lowest BCUT2D eigenvalue weighted by atomic mass is 10.1. The highest BCUT2D eigenvalue weighted by molar-refractivity contribution is 5.78. The van der Waals surface area contributed by atoms with Crippen molar-refractivity contribution in [3.8, 4) is 0 Å². The first-order valence-electron chi connectivity index (χ1n) is 5.53. The Bertz CT molecular complexity index is 318. The molecule has 0 spiro atoms. The van der Waals surface area contributed by atoms with Gasteiger partial charge in [-0.2, -0.15) is 0 Å². The number of carbonyl (C=O) groups excluding carboxylic acids is 1. The van der Waals surface area contributed by atoms with Gasteiger partial charge < -0.3 is 5.32 Å². The van der Waals surface area contributed by atoms with Gasteiger partial charge in [-0.15, -0.1) is 0 Å². The van der Waals surface area contributed by atoms with E-state index in [9.17, 15) is 4.79 Å². The summed E-state index contributed by atoms with van der Waals surface area (Å²) < 4.78 is 0. The maximum Gasteiger partial charge on any atom is 0.223 e. The second-order valence-electron chi connectivity index (χ2n) is 4.05. The molecule has 1 aliphatic carbocycles. The van der Waals surface area contributed by atoms with E-state index in [0.29, 0.717) is 6.54 Å². The predicted molar refractivity (Wildman–Crippen MR) is 58.0 cm³/mol. The van der Waals surface area contributed by atoms with Gasteiger partial charge in [-0.1, -0.05) is 12.8 Å². The second kappa shape index (κ2) is 4.91. The van der Waals surface area contributed by atoms with Crippen LogP contribution in [-0.4, -0.2) is 10.9 Å². The number of hydrogen-bond acceptors (Lipinski definition) is 2.